The van der Waals surface area contributed by atoms with E-state index in [1.807, 2.05) is 36.4 Å². The van der Waals surface area contributed by atoms with Crippen LogP contribution in [0.15, 0.2) is 78.9 Å². The molecule has 1 aliphatic heterocycles. The number of nitrogens with one attached hydrogen (secondary N) is 1. The van der Waals surface area contributed by atoms with Crippen molar-refractivity contribution in [1.29, 1.82) is 0 Å². The standard InChI is InChI=1S/C25H22FN3/c1-16(2)17-11-13-18(14-12-17)22-15-24(19-7-3-4-8-20(19)26)29-23-10-6-5-9-21(23)27-25(29)28-22/h3-16,24H,1-2H3,(H,27,28). The van der Waals surface area contributed by atoms with E-state index in [0.717, 1.165) is 28.2 Å². The van der Waals surface area contributed by atoms with Crippen molar-refractivity contribution in [3.05, 3.63) is 101 Å². The maximum absolute atomic E-state index is 14.8. The molecule has 4 heteroatoms. The Hall–Kier alpha value is -3.40. The van der Waals surface area contributed by atoms with Crippen molar-refractivity contribution in [2.75, 3.05) is 5.32 Å². The Morgan fingerprint density at radius 2 is 1.66 bits per heavy atom. The van der Waals surface area contributed by atoms with Crippen LogP contribution in [0.4, 0.5) is 10.3 Å². The summed E-state index contributed by atoms with van der Waals surface area (Å²) in [7, 11) is 0. The van der Waals surface area contributed by atoms with Crippen LogP contribution in [0.1, 0.15) is 42.5 Å². The third kappa shape index (κ3) is 3.01. The van der Waals surface area contributed by atoms with E-state index < -0.39 is 0 Å². The second-order valence-electron chi connectivity index (χ2n) is 7.74. The van der Waals surface area contributed by atoms with Crippen LogP contribution in [0.3, 0.4) is 0 Å². The predicted molar refractivity (Wildman–Crippen MR) is 116 cm³/mol. The Labute approximate surface area is 169 Å². The number of halogens is 1. The van der Waals surface area contributed by atoms with Crippen molar-refractivity contribution < 1.29 is 4.39 Å². The number of fused-ring (bicyclic) bond motifs is 3. The number of para-hydroxylation sites is 2. The highest BCUT2D eigenvalue weighted by Crippen LogP contribution is 2.37. The molecule has 0 fully saturated rings. The smallest absolute Gasteiger partial charge is 0.209 e. The molecule has 144 valence electrons. The van der Waals surface area contributed by atoms with E-state index in [0.29, 0.717) is 11.5 Å². The van der Waals surface area contributed by atoms with Gasteiger partial charge in [0, 0.05) is 11.3 Å². The molecule has 3 nitrogen and oxygen atoms in total. The van der Waals surface area contributed by atoms with Crippen molar-refractivity contribution in [2.45, 2.75) is 25.8 Å². The fourth-order valence-corrected chi connectivity index (χ4v) is 3.97. The van der Waals surface area contributed by atoms with Gasteiger partial charge in [-0.2, -0.15) is 0 Å². The molecule has 1 aromatic heterocycles. The number of nitrogens with zero attached hydrogens (tertiary/aromatic N) is 2. The molecule has 1 aliphatic rings. The maximum atomic E-state index is 14.8. The van der Waals surface area contributed by atoms with Gasteiger partial charge in [-0.05, 0) is 41.3 Å². The second kappa shape index (κ2) is 6.89. The normalized spacial score (nSPS) is 15.9. The van der Waals surface area contributed by atoms with Gasteiger partial charge in [-0.25, -0.2) is 9.37 Å². The summed E-state index contributed by atoms with van der Waals surface area (Å²) in [6.45, 7) is 4.37. The largest absolute Gasteiger partial charge is 0.325 e. The number of rotatable bonds is 3. The van der Waals surface area contributed by atoms with Gasteiger partial charge in [0.1, 0.15) is 5.82 Å². The molecule has 0 spiro atoms. The summed E-state index contributed by atoms with van der Waals surface area (Å²) in [4.78, 5) is 4.77. The molecule has 29 heavy (non-hydrogen) atoms. The van der Waals surface area contributed by atoms with Gasteiger partial charge in [-0.3, -0.25) is 4.57 Å². The van der Waals surface area contributed by atoms with Crippen molar-refractivity contribution in [1.82, 2.24) is 9.55 Å². The molecule has 2 heterocycles. The van der Waals surface area contributed by atoms with Gasteiger partial charge in [0.15, 0.2) is 0 Å². The number of imidazole rings is 1. The van der Waals surface area contributed by atoms with Gasteiger partial charge in [-0.15, -0.1) is 0 Å². The number of anilines is 1. The van der Waals surface area contributed by atoms with Crippen LogP contribution in [0.2, 0.25) is 0 Å². The lowest BCUT2D eigenvalue weighted by Crippen LogP contribution is -2.20. The summed E-state index contributed by atoms with van der Waals surface area (Å²) >= 11 is 0. The lowest BCUT2D eigenvalue weighted by molar-refractivity contribution is 0.583. The third-order valence-corrected chi connectivity index (χ3v) is 5.56. The molecule has 5 rings (SSSR count). The SMILES string of the molecule is CC(C)c1ccc(C2=CC(c3ccccc3F)n3c(nc4ccccc43)N2)cc1. The molecule has 0 saturated carbocycles. The van der Waals surface area contributed by atoms with Crippen LogP contribution in [-0.4, -0.2) is 9.55 Å². The molecule has 0 aliphatic carbocycles. The van der Waals surface area contributed by atoms with E-state index in [9.17, 15) is 4.39 Å². The van der Waals surface area contributed by atoms with Crippen LogP contribution in [0, 0.1) is 5.82 Å². The summed E-state index contributed by atoms with van der Waals surface area (Å²) in [5, 5.41) is 3.46. The first-order valence-corrected chi connectivity index (χ1v) is 9.92. The Kier molecular flexibility index (Phi) is 4.20. The average Bonchev–Trinajstić information content (AvgIpc) is 3.12. The molecule has 3 aromatic carbocycles. The lowest BCUT2D eigenvalue weighted by Gasteiger charge is -2.27. The summed E-state index contributed by atoms with van der Waals surface area (Å²) in [5.74, 6) is 0.992. The highest BCUT2D eigenvalue weighted by atomic mass is 19.1. The van der Waals surface area contributed by atoms with Crippen LogP contribution < -0.4 is 5.32 Å². The van der Waals surface area contributed by atoms with Crippen LogP contribution >= 0.6 is 0 Å². The Morgan fingerprint density at radius 3 is 2.41 bits per heavy atom. The minimum absolute atomic E-state index is 0.214. The molecule has 0 radical (unpaired) electrons. The van der Waals surface area contributed by atoms with Crippen LogP contribution in [0.5, 0.6) is 0 Å². The maximum Gasteiger partial charge on any atom is 0.209 e. The topological polar surface area (TPSA) is 29.9 Å². The third-order valence-electron chi connectivity index (χ3n) is 5.56. The van der Waals surface area contributed by atoms with E-state index in [4.69, 9.17) is 4.98 Å². The zero-order valence-corrected chi connectivity index (χ0v) is 16.4. The first-order chi connectivity index (χ1) is 14.1. The number of hydrogen-bond acceptors (Lipinski definition) is 2. The van der Waals surface area contributed by atoms with E-state index in [1.165, 1.54) is 11.6 Å². The van der Waals surface area contributed by atoms with Crippen molar-refractivity contribution in [3.8, 4) is 0 Å². The van der Waals surface area contributed by atoms with Crippen molar-refractivity contribution in [2.24, 2.45) is 0 Å². The number of benzene rings is 3. The van der Waals surface area contributed by atoms with Crippen molar-refractivity contribution >= 4 is 22.7 Å². The average molecular weight is 383 g/mol. The molecule has 0 amide bonds. The summed E-state index contributed by atoms with van der Waals surface area (Å²) < 4.78 is 16.8. The summed E-state index contributed by atoms with van der Waals surface area (Å²) in [5.41, 5.74) is 5.80. The zero-order chi connectivity index (χ0) is 20.0. The monoisotopic (exact) mass is 383 g/mol. The molecule has 0 saturated heterocycles. The first kappa shape index (κ1) is 17.7. The zero-order valence-electron chi connectivity index (χ0n) is 16.4. The summed E-state index contributed by atoms with van der Waals surface area (Å²) in [6, 6.07) is 23.2. The number of aromatic nitrogens is 2. The Balaban J connectivity index is 1.68. The highest BCUT2D eigenvalue weighted by Gasteiger charge is 2.26. The van der Waals surface area contributed by atoms with Gasteiger partial charge < -0.3 is 5.32 Å². The van der Waals surface area contributed by atoms with Crippen LogP contribution in [-0.2, 0) is 0 Å². The minimum Gasteiger partial charge on any atom is -0.325 e. The van der Waals surface area contributed by atoms with E-state index >= 15 is 0 Å². The van der Waals surface area contributed by atoms with Gasteiger partial charge >= 0.3 is 0 Å². The molecule has 1 N–H and O–H groups in total. The highest BCUT2D eigenvalue weighted by molar-refractivity contribution is 5.85. The molecule has 4 aromatic rings. The molecular weight excluding hydrogens is 361 g/mol. The van der Waals surface area contributed by atoms with Gasteiger partial charge in [0.25, 0.3) is 0 Å². The Bertz CT molecular complexity index is 1220. The number of allylic oxidation sites excluding steroid dienone is 1. The van der Waals surface area contributed by atoms with E-state index in [-0.39, 0.29) is 11.9 Å². The van der Waals surface area contributed by atoms with Gasteiger partial charge in [0.05, 0.1) is 17.1 Å². The Morgan fingerprint density at radius 1 is 0.931 bits per heavy atom. The molecule has 0 bridgehead atoms. The molecular formula is C25H22FN3. The van der Waals surface area contributed by atoms with E-state index in [2.05, 4.69) is 54.1 Å². The molecule has 1 atom stereocenters. The lowest BCUT2D eigenvalue weighted by atomic mass is 9.98. The first-order valence-electron chi connectivity index (χ1n) is 9.92. The summed E-state index contributed by atoms with van der Waals surface area (Å²) in [6.07, 6.45) is 2.09. The van der Waals surface area contributed by atoms with E-state index in [1.54, 1.807) is 6.07 Å². The predicted octanol–water partition coefficient (Wildman–Crippen LogP) is 6.35. The minimum atomic E-state index is -0.278. The molecule has 1 unspecified atom stereocenters. The quantitative estimate of drug-likeness (QED) is 0.446. The van der Waals surface area contributed by atoms with Crippen LogP contribution in [0.25, 0.3) is 16.7 Å². The number of hydrogen-bond donors (Lipinski definition) is 1. The second-order valence-corrected chi connectivity index (χ2v) is 7.74. The van der Waals surface area contributed by atoms with Crippen molar-refractivity contribution in [3.63, 3.8) is 0 Å². The van der Waals surface area contributed by atoms with Gasteiger partial charge in [-0.1, -0.05) is 68.4 Å². The van der Waals surface area contributed by atoms with Gasteiger partial charge in [0.2, 0.25) is 5.95 Å². The fourth-order valence-electron chi connectivity index (χ4n) is 3.97. The fraction of sp³-hybridized carbons (Fsp3) is 0.160.